The molecule has 0 aliphatic heterocycles. The number of fused-ring (bicyclic) bond motifs is 1. The number of ether oxygens (including phenoxy) is 1. The molecular formula is C13H16N2O2. The van der Waals surface area contributed by atoms with E-state index in [1.165, 1.54) is 12.8 Å². The van der Waals surface area contributed by atoms with Gasteiger partial charge in [0.25, 0.3) is 0 Å². The van der Waals surface area contributed by atoms with Crippen LogP contribution in [0.25, 0.3) is 11.1 Å². The molecule has 0 amide bonds. The summed E-state index contributed by atoms with van der Waals surface area (Å²) >= 11 is 0. The Kier molecular flexibility index (Phi) is 2.73. The molecule has 1 saturated carbocycles. The Morgan fingerprint density at radius 1 is 1.41 bits per heavy atom. The van der Waals surface area contributed by atoms with Crippen LogP contribution in [0.4, 0.5) is 5.69 Å². The third kappa shape index (κ3) is 2.58. The average molecular weight is 232 g/mol. The number of aromatic nitrogens is 1. The summed E-state index contributed by atoms with van der Waals surface area (Å²) in [5, 5.41) is 0. The lowest BCUT2D eigenvalue weighted by Gasteiger charge is -1.99. The van der Waals surface area contributed by atoms with Crippen LogP contribution in [-0.2, 0) is 11.3 Å². The van der Waals surface area contributed by atoms with Crippen molar-refractivity contribution in [3.63, 3.8) is 0 Å². The van der Waals surface area contributed by atoms with Crippen molar-refractivity contribution in [1.29, 1.82) is 0 Å². The minimum Gasteiger partial charge on any atom is -0.438 e. The maximum atomic E-state index is 5.68. The largest absolute Gasteiger partial charge is 0.438 e. The van der Waals surface area contributed by atoms with Gasteiger partial charge in [-0.2, -0.15) is 0 Å². The van der Waals surface area contributed by atoms with E-state index in [1.807, 2.05) is 12.1 Å². The van der Waals surface area contributed by atoms with E-state index < -0.39 is 0 Å². The fourth-order valence-electron chi connectivity index (χ4n) is 1.87. The van der Waals surface area contributed by atoms with Crippen LogP contribution in [0.5, 0.6) is 0 Å². The first-order valence-electron chi connectivity index (χ1n) is 6.04. The number of hydrogen-bond acceptors (Lipinski definition) is 4. The molecule has 1 aliphatic rings. The van der Waals surface area contributed by atoms with Gasteiger partial charge in [-0.15, -0.1) is 0 Å². The van der Waals surface area contributed by atoms with Crippen LogP contribution >= 0.6 is 0 Å². The first-order chi connectivity index (χ1) is 8.31. The van der Waals surface area contributed by atoms with Crippen molar-refractivity contribution in [2.24, 2.45) is 5.92 Å². The van der Waals surface area contributed by atoms with Gasteiger partial charge in [-0.3, -0.25) is 0 Å². The highest BCUT2D eigenvalue weighted by Crippen LogP contribution is 2.32. The van der Waals surface area contributed by atoms with Crippen LogP contribution in [-0.4, -0.2) is 11.6 Å². The molecule has 1 aromatic carbocycles. The molecule has 0 atom stereocenters. The number of nitrogens with two attached hydrogens (primary N) is 1. The molecule has 0 saturated heterocycles. The van der Waals surface area contributed by atoms with Gasteiger partial charge in [-0.05, 0) is 24.5 Å². The van der Waals surface area contributed by atoms with Crippen molar-refractivity contribution in [1.82, 2.24) is 4.98 Å². The zero-order valence-electron chi connectivity index (χ0n) is 9.69. The van der Waals surface area contributed by atoms with Gasteiger partial charge < -0.3 is 14.9 Å². The average Bonchev–Trinajstić information content (AvgIpc) is 3.04. The van der Waals surface area contributed by atoms with Gasteiger partial charge in [-0.1, -0.05) is 12.8 Å². The van der Waals surface area contributed by atoms with Crippen molar-refractivity contribution in [3.05, 3.63) is 24.1 Å². The number of nitrogen functional groups attached to an aromatic ring is 1. The van der Waals surface area contributed by atoms with E-state index in [1.54, 1.807) is 6.07 Å². The zero-order valence-corrected chi connectivity index (χ0v) is 9.69. The molecular weight excluding hydrogens is 216 g/mol. The molecule has 2 N–H and O–H groups in total. The number of hydrogen-bond donors (Lipinski definition) is 1. The van der Waals surface area contributed by atoms with Crippen molar-refractivity contribution in [2.45, 2.75) is 25.9 Å². The molecule has 90 valence electrons. The van der Waals surface area contributed by atoms with E-state index in [-0.39, 0.29) is 0 Å². The Morgan fingerprint density at radius 3 is 3.12 bits per heavy atom. The van der Waals surface area contributed by atoms with Crippen molar-refractivity contribution >= 4 is 16.8 Å². The van der Waals surface area contributed by atoms with Gasteiger partial charge in [0.1, 0.15) is 12.1 Å². The van der Waals surface area contributed by atoms with Crippen LogP contribution in [0, 0.1) is 5.92 Å². The summed E-state index contributed by atoms with van der Waals surface area (Å²) in [6.45, 7) is 1.24. The Morgan fingerprint density at radius 2 is 2.29 bits per heavy atom. The minimum absolute atomic E-state index is 0.446. The molecule has 1 aliphatic carbocycles. The molecule has 1 fully saturated rings. The Balaban J connectivity index is 1.60. The maximum absolute atomic E-state index is 5.68. The molecule has 0 unspecified atom stereocenters. The molecule has 1 aromatic heterocycles. The second-order valence-electron chi connectivity index (χ2n) is 4.62. The summed E-state index contributed by atoms with van der Waals surface area (Å²) in [6.07, 6.45) is 3.89. The standard InChI is InChI=1S/C13H16N2O2/c14-10-3-4-11-12(7-10)17-13(15-11)8-16-6-5-9-1-2-9/h3-4,7,9H,1-2,5-6,8,14H2. The lowest BCUT2D eigenvalue weighted by molar-refractivity contribution is 0.0986. The second kappa shape index (κ2) is 4.37. The molecule has 0 bridgehead atoms. The highest BCUT2D eigenvalue weighted by molar-refractivity contribution is 5.76. The van der Waals surface area contributed by atoms with E-state index in [0.29, 0.717) is 18.2 Å². The van der Waals surface area contributed by atoms with Gasteiger partial charge in [0.15, 0.2) is 5.58 Å². The molecule has 4 heteroatoms. The highest BCUT2D eigenvalue weighted by atomic mass is 16.5. The minimum atomic E-state index is 0.446. The predicted molar refractivity (Wildman–Crippen MR) is 65.4 cm³/mol. The first-order valence-corrected chi connectivity index (χ1v) is 6.04. The van der Waals surface area contributed by atoms with Gasteiger partial charge in [0, 0.05) is 18.4 Å². The molecule has 0 radical (unpaired) electrons. The number of nitrogens with zero attached hydrogens (tertiary/aromatic N) is 1. The Labute approximate surface area is 99.8 Å². The predicted octanol–water partition coefficient (Wildman–Crippen LogP) is 2.73. The van der Waals surface area contributed by atoms with Crippen LogP contribution in [0.15, 0.2) is 22.6 Å². The van der Waals surface area contributed by atoms with E-state index >= 15 is 0 Å². The number of rotatable bonds is 5. The number of oxazole rings is 1. The normalized spacial score (nSPS) is 15.5. The first kappa shape index (κ1) is 10.6. The maximum Gasteiger partial charge on any atom is 0.221 e. The van der Waals surface area contributed by atoms with Crippen molar-refractivity contribution < 1.29 is 9.15 Å². The van der Waals surface area contributed by atoms with Crippen LogP contribution in [0.2, 0.25) is 0 Å². The smallest absolute Gasteiger partial charge is 0.221 e. The van der Waals surface area contributed by atoms with E-state index in [4.69, 9.17) is 14.9 Å². The van der Waals surface area contributed by atoms with Gasteiger partial charge in [-0.25, -0.2) is 4.98 Å². The van der Waals surface area contributed by atoms with Crippen LogP contribution in [0.3, 0.4) is 0 Å². The fraction of sp³-hybridized carbons (Fsp3) is 0.462. The summed E-state index contributed by atoms with van der Waals surface area (Å²) in [5.74, 6) is 1.53. The molecule has 3 rings (SSSR count). The molecule has 0 spiro atoms. The monoisotopic (exact) mass is 232 g/mol. The van der Waals surface area contributed by atoms with Crippen LogP contribution in [0.1, 0.15) is 25.2 Å². The van der Waals surface area contributed by atoms with E-state index in [9.17, 15) is 0 Å². The Bertz CT molecular complexity index is 517. The zero-order chi connectivity index (χ0) is 11.7. The summed E-state index contributed by atoms with van der Waals surface area (Å²) in [7, 11) is 0. The second-order valence-corrected chi connectivity index (χ2v) is 4.62. The van der Waals surface area contributed by atoms with Crippen molar-refractivity contribution in [2.75, 3.05) is 12.3 Å². The van der Waals surface area contributed by atoms with Gasteiger partial charge in [0.2, 0.25) is 5.89 Å². The van der Waals surface area contributed by atoms with Crippen molar-refractivity contribution in [3.8, 4) is 0 Å². The van der Waals surface area contributed by atoms with Crippen LogP contribution < -0.4 is 5.73 Å². The third-order valence-electron chi connectivity index (χ3n) is 3.05. The van der Waals surface area contributed by atoms with Gasteiger partial charge >= 0.3 is 0 Å². The fourth-order valence-corrected chi connectivity index (χ4v) is 1.87. The number of anilines is 1. The quantitative estimate of drug-likeness (QED) is 0.636. The lowest BCUT2D eigenvalue weighted by Crippen LogP contribution is -1.96. The summed E-state index contributed by atoms with van der Waals surface area (Å²) in [4.78, 5) is 4.34. The molecule has 2 aromatic rings. The highest BCUT2D eigenvalue weighted by Gasteiger charge is 2.20. The lowest BCUT2D eigenvalue weighted by atomic mass is 10.3. The molecule has 1 heterocycles. The number of benzene rings is 1. The van der Waals surface area contributed by atoms with Gasteiger partial charge in [0.05, 0.1) is 0 Å². The van der Waals surface area contributed by atoms with E-state index in [0.717, 1.165) is 30.0 Å². The summed E-state index contributed by atoms with van der Waals surface area (Å²) in [5.41, 5.74) is 7.93. The molecule has 4 nitrogen and oxygen atoms in total. The SMILES string of the molecule is Nc1ccc2nc(COCCC3CC3)oc2c1. The Hall–Kier alpha value is -1.55. The third-order valence-corrected chi connectivity index (χ3v) is 3.05. The topological polar surface area (TPSA) is 61.3 Å². The van der Waals surface area contributed by atoms with E-state index in [2.05, 4.69) is 4.98 Å². The summed E-state index contributed by atoms with van der Waals surface area (Å²) in [6, 6.07) is 5.47. The molecule has 17 heavy (non-hydrogen) atoms. The summed E-state index contributed by atoms with van der Waals surface area (Å²) < 4.78 is 11.1.